The number of hydrogen-bond donors (Lipinski definition) is 0. The van der Waals surface area contributed by atoms with Crippen LogP contribution in [-0.2, 0) is 16.4 Å². The maximum absolute atomic E-state index is 6.50. The number of hydrogen-bond acceptors (Lipinski definition) is 1. The molecule has 0 rings (SSSR count). The predicted octanol–water partition coefficient (Wildman–Crippen LogP) is -1.48. The summed E-state index contributed by atoms with van der Waals surface area (Å²) in [6.45, 7) is 0. The van der Waals surface area contributed by atoms with Gasteiger partial charge in [-0.15, -0.1) is 0 Å². The van der Waals surface area contributed by atoms with Crippen LogP contribution < -0.4 is 0 Å². The van der Waals surface area contributed by atoms with Crippen LogP contribution in [0.4, 0.5) is 0 Å². The summed E-state index contributed by atoms with van der Waals surface area (Å²) >= 11 is 0. The summed E-state index contributed by atoms with van der Waals surface area (Å²) in [6.07, 6.45) is 0. The van der Waals surface area contributed by atoms with Crippen molar-refractivity contribution < 1.29 is 16.4 Å². The zero-order valence-corrected chi connectivity index (χ0v) is 5.71. The SMILES string of the molecule is B#N.[Al+3].[Al+3].[O-2].[O-2].[O-2]. The van der Waals surface area contributed by atoms with Crippen LogP contribution in [0.1, 0.15) is 0 Å². The fraction of sp³-hybridized carbons (Fsp3) is 0. The van der Waals surface area contributed by atoms with Crippen LogP contribution in [-0.4, -0.2) is 42.2 Å². The van der Waals surface area contributed by atoms with Crippen molar-refractivity contribution in [2.24, 2.45) is 0 Å². The summed E-state index contributed by atoms with van der Waals surface area (Å²) in [7, 11) is 3.50. The molecule has 7 heteroatoms. The Kier molecular flexibility index (Phi) is 7140. The minimum absolute atomic E-state index is 0. The summed E-state index contributed by atoms with van der Waals surface area (Å²) in [5.74, 6) is 0. The maximum atomic E-state index is 6.50. The fourth-order valence-corrected chi connectivity index (χ4v) is 0. The van der Waals surface area contributed by atoms with Crippen LogP contribution in [0.25, 0.3) is 0 Å². The van der Waals surface area contributed by atoms with Gasteiger partial charge in [0.15, 0.2) is 0 Å². The van der Waals surface area contributed by atoms with Crippen molar-refractivity contribution >= 4 is 42.2 Å². The van der Waals surface area contributed by atoms with Crippen LogP contribution in [0.3, 0.4) is 0 Å². The average molecular weight is 127 g/mol. The van der Waals surface area contributed by atoms with Gasteiger partial charge in [0.2, 0.25) is 0 Å². The van der Waals surface area contributed by atoms with Crippen molar-refractivity contribution in [3.63, 3.8) is 0 Å². The van der Waals surface area contributed by atoms with Gasteiger partial charge in [0, 0.05) is 0 Å². The topological polar surface area (TPSA) is 109 Å². The number of rotatable bonds is 0. The molecular formula is Al2BNO3. The Labute approximate surface area is 64.1 Å². The van der Waals surface area contributed by atoms with E-state index < -0.39 is 0 Å². The van der Waals surface area contributed by atoms with E-state index in [0.717, 1.165) is 0 Å². The smallest absolute Gasteiger partial charge is 2.00 e. The van der Waals surface area contributed by atoms with Crippen LogP contribution >= 0.6 is 0 Å². The normalized spacial score (nSPS) is 0.714. The molecule has 0 aliphatic carbocycles. The molecule has 0 amide bonds. The van der Waals surface area contributed by atoms with E-state index in [4.69, 9.17) is 5.16 Å². The molecule has 0 radical (unpaired) electrons. The molecule has 4 nitrogen and oxygen atoms in total. The van der Waals surface area contributed by atoms with Crippen molar-refractivity contribution in [2.75, 3.05) is 0 Å². The Bertz CT molecular complexity index is 17.7. The van der Waals surface area contributed by atoms with Crippen LogP contribution in [0.5, 0.6) is 0 Å². The molecule has 0 saturated heterocycles. The molecule has 0 spiro atoms. The van der Waals surface area contributed by atoms with E-state index in [2.05, 4.69) is 7.49 Å². The van der Waals surface area contributed by atoms with Gasteiger partial charge in [-0.2, -0.15) is 0 Å². The Morgan fingerprint density at radius 3 is 0.714 bits per heavy atom. The minimum atomic E-state index is 0. The van der Waals surface area contributed by atoms with Gasteiger partial charge in [-0.25, -0.2) is 0 Å². The molecule has 0 aromatic heterocycles. The molecule has 0 saturated carbocycles. The van der Waals surface area contributed by atoms with Gasteiger partial charge in [0.25, 0.3) is 0 Å². The summed E-state index contributed by atoms with van der Waals surface area (Å²) < 4.78 is 0. The Morgan fingerprint density at radius 2 is 0.714 bits per heavy atom. The van der Waals surface area contributed by atoms with Gasteiger partial charge < -0.3 is 16.4 Å². The molecular weight excluding hydrogens is 127 g/mol. The van der Waals surface area contributed by atoms with Crippen molar-refractivity contribution in [2.45, 2.75) is 0 Å². The first-order valence-corrected chi connectivity index (χ1v) is 0.258. The number of nitrogens with zero attached hydrogens (tertiary/aromatic N) is 1. The van der Waals surface area contributed by atoms with Gasteiger partial charge in [0.05, 0.1) is 0 Å². The van der Waals surface area contributed by atoms with Crippen LogP contribution in [0.2, 0.25) is 0 Å². The second-order valence-corrected chi connectivity index (χ2v) is 0. The van der Waals surface area contributed by atoms with E-state index in [-0.39, 0.29) is 51.2 Å². The van der Waals surface area contributed by atoms with E-state index in [1.807, 2.05) is 0 Å². The first kappa shape index (κ1) is 118. The largest absolute Gasteiger partial charge is 3.00 e. The zero-order valence-electron chi connectivity index (χ0n) is 3.40. The molecule has 0 bridgehead atoms. The zero-order chi connectivity index (χ0) is 2.00. The predicted molar refractivity (Wildman–Crippen MR) is 21.0 cm³/mol. The Morgan fingerprint density at radius 1 is 0.714 bits per heavy atom. The molecule has 0 aromatic rings. The van der Waals surface area contributed by atoms with E-state index in [9.17, 15) is 0 Å². The van der Waals surface area contributed by atoms with Crippen molar-refractivity contribution in [1.82, 2.24) is 0 Å². The summed E-state index contributed by atoms with van der Waals surface area (Å²) in [4.78, 5) is 0. The molecule has 0 aliphatic heterocycles. The fourth-order valence-electron chi connectivity index (χ4n) is 0. The van der Waals surface area contributed by atoms with Crippen LogP contribution in [0, 0.1) is 5.16 Å². The Hall–Kier alpha value is 0.720. The van der Waals surface area contributed by atoms with Crippen LogP contribution in [0.15, 0.2) is 0 Å². The van der Waals surface area contributed by atoms with Gasteiger partial charge in [-0.1, -0.05) is 0 Å². The van der Waals surface area contributed by atoms with Crippen molar-refractivity contribution in [1.29, 1.82) is 5.16 Å². The summed E-state index contributed by atoms with van der Waals surface area (Å²) in [5, 5.41) is 6.50. The Balaban J connectivity index is -0.000000000500. The molecule has 0 unspecified atom stereocenters. The molecule has 0 heterocycles. The molecule has 0 aliphatic rings. The quantitative estimate of drug-likeness (QED) is 0.363. The summed E-state index contributed by atoms with van der Waals surface area (Å²) in [6, 6.07) is 0. The molecule has 0 atom stereocenters. The average Bonchev–Trinajstić information content (AvgIpc) is 1.00. The monoisotopic (exact) mass is 127 g/mol. The molecule has 7 heavy (non-hydrogen) atoms. The molecule has 0 N–H and O–H groups in total. The first-order valence-electron chi connectivity index (χ1n) is 0.258. The molecule has 32 valence electrons. The minimum Gasteiger partial charge on any atom is -2.00 e. The maximum Gasteiger partial charge on any atom is 3.00 e. The second kappa shape index (κ2) is 424. The van der Waals surface area contributed by atoms with E-state index >= 15 is 0 Å². The molecule has 0 aromatic carbocycles. The van der Waals surface area contributed by atoms with E-state index in [1.165, 1.54) is 0 Å². The van der Waals surface area contributed by atoms with Gasteiger partial charge in [0.1, 0.15) is 0 Å². The van der Waals surface area contributed by atoms with Gasteiger partial charge in [-0.3, -0.25) is 0 Å². The summed E-state index contributed by atoms with van der Waals surface area (Å²) in [5.41, 5.74) is 0. The van der Waals surface area contributed by atoms with E-state index in [0.29, 0.717) is 0 Å². The van der Waals surface area contributed by atoms with Crippen molar-refractivity contribution in [3.05, 3.63) is 0 Å². The third-order valence-electron chi connectivity index (χ3n) is 0. The third-order valence-corrected chi connectivity index (χ3v) is 0. The van der Waals surface area contributed by atoms with Crippen molar-refractivity contribution in [3.8, 4) is 0 Å². The van der Waals surface area contributed by atoms with E-state index in [1.54, 1.807) is 0 Å². The molecule has 0 fully saturated rings. The van der Waals surface area contributed by atoms with Gasteiger partial charge in [-0.05, 0) is 0 Å². The van der Waals surface area contributed by atoms with Gasteiger partial charge >= 0.3 is 47.4 Å². The first-order chi connectivity index (χ1) is 1.00. The second-order valence-electron chi connectivity index (χ2n) is 0. The standard InChI is InChI=1S/2Al.BN.3O/c;;1-2;;;/q2*+3;;3*-2. The third kappa shape index (κ3) is 289.